The minimum absolute atomic E-state index is 0. The van der Waals surface area contributed by atoms with Crippen molar-refractivity contribution in [3.63, 3.8) is 0 Å². The smallest absolute Gasteiger partial charge is 0.269 e. The predicted octanol–water partition coefficient (Wildman–Crippen LogP) is 3.43. The lowest BCUT2D eigenvalue weighted by molar-refractivity contribution is -0.384. The average molecular weight is 542 g/mol. The van der Waals surface area contributed by atoms with Crippen molar-refractivity contribution in [3.05, 3.63) is 57.5 Å². The van der Waals surface area contributed by atoms with E-state index in [1.807, 2.05) is 13.0 Å². The quantitative estimate of drug-likeness (QED) is 0.188. The number of aryl methyl sites for hydroxylation is 1. The number of aromatic nitrogens is 1. The first-order chi connectivity index (χ1) is 14.4. The van der Waals surface area contributed by atoms with Gasteiger partial charge in [-0.25, -0.2) is 4.99 Å². The number of nitrogens with one attached hydrogen (secondary N) is 1. The lowest BCUT2D eigenvalue weighted by atomic mass is 10.2. The molecule has 0 unspecified atom stereocenters. The summed E-state index contributed by atoms with van der Waals surface area (Å²) in [4.78, 5) is 19.9. The maximum absolute atomic E-state index is 10.8. The van der Waals surface area contributed by atoms with Crippen LogP contribution in [0.15, 0.2) is 39.8 Å². The Hall–Kier alpha value is -2.21. The Balaban J connectivity index is 0.00000341. The van der Waals surface area contributed by atoms with Crippen molar-refractivity contribution >= 4 is 35.6 Å². The molecule has 170 valence electrons. The van der Waals surface area contributed by atoms with Gasteiger partial charge in [0.25, 0.3) is 5.69 Å². The van der Waals surface area contributed by atoms with Crippen LogP contribution in [0.2, 0.25) is 0 Å². The zero-order valence-electron chi connectivity index (χ0n) is 18.3. The molecule has 1 N–H and O–H groups in total. The predicted molar refractivity (Wildman–Crippen MR) is 131 cm³/mol. The van der Waals surface area contributed by atoms with Crippen molar-refractivity contribution in [2.75, 3.05) is 32.7 Å². The number of aliphatic imine (C=N–C) groups is 1. The van der Waals surface area contributed by atoms with Crippen LogP contribution in [0.4, 0.5) is 5.69 Å². The average Bonchev–Trinajstić information content (AvgIpc) is 3.13. The van der Waals surface area contributed by atoms with E-state index >= 15 is 0 Å². The number of guanidine groups is 1. The summed E-state index contributed by atoms with van der Waals surface area (Å²) < 4.78 is 5.16. The van der Waals surface area contributed by atoms with E-state index in [-0.39, 0.29) is 34.6 Å². The number of non-ortho nitro benzene ring substituents is 1. The van der Waals surface area contributed by atoms with E-state index in [2.05, 4.69) is 34.1 Å². The van der Waals surface area contributed by atoms with E-state index in [9.17, 15) is 10.1 Å². The third kappa shape index (κ3) is 7.76. The molecular formula is C21H31IN6O3. The Bertz CT molecular complexity index is 860. The van der Waals surface area contributed by atoms with Gasteiger partial charge in [0, 0.05) is 57.5 Å². The van der Waals surface area contributed by atoms with Gasteiger partial charge in [-0.1, -0.05) is 31.1 Å². The fourth-order valence-electron chi connectivity index (χ4n) is 3.29. The van der Waals surface area contributed by atoms with Crippen LogP contribution in [-0.4, -0.2) is 58.6 Å². The monoisotopic (exact) mass is 542 g/mol. The summed E-state index contributed by atoms with van der Waals surface area (Å²) in [6.07, 6.45) is 0. The van der Waals surface area contributed by atoms with Gasteiger partial charge in [0.05, 0.1) is 17.2 Å². The summed E-state index contributed by atoms with van der Waals surface area (Å²) in [5, 5.41) is 18.4. The van der Waals surface area contributed by atoms with E-state index in [4.69, 9.17) is 9.52 Å². The Kier molecular flexibility index (Phi) is 9.69. The molecule has 1 fully saturated rings. The van der Waals surface area contributed by atoms with E-state index in [1.165, 1.54) is 12.1 Å². The van der Waals surface area contributed by atoms with Crippen molar-refractivity contribution < 1.29 is 9.45 Å². The molecule has 1 aromatic carbocycles. The molecule has 0 bridgehead atoms. The van der Waals surface area contributed by atoms with Crippen LogP contribution in [0.1, 0.15) is 30.9 Å². The van der Waals surface area contributed by atoms with E-state index in [0.717, 1.165) is 62.2 Å². The molecule has 1 aliphatic rings. The van der Waals surface area contributed by atoms with Crippen LogP contribution in [-0.2, 0) is 13.1 Å². The van der Waals surface area contributed by atoms with Gasteiger partial charge < -0.3 is 14.7 Å². The van der Waals surface area contributed by atoms with Gasteiger partial charge in [-0.15, -0.1) is 24.0 Å². The van der Waals surface area contributed by atoms with E-state index in [1.54, 1.807) is 12.1 Å². The summed E-state index contributed by atoms with van der Waals surface area (Å²) in [6.45, 7) is 12.0. The number of nitro groups is 1. The highest BCUT2D eigenvalue weighted by atomic mass is 127. The zero-order chi connectivity index (χ0) is 21.5. The molecule has 1 aromatic heterocycles. The first-order valence-corrected chi connectivity index (χ1v) is 10.3. The van der Waals surface area contributed by atoms with Crippen molar-refractivity contribution in [2.45, 2.75) is 33.9 Å². The lowest BCUT2D eigenvalue weighted by Crippen LogP contribution is -2.52. The summed E-state index contributed by atoms with van der Waals surface area (Å²) in [7, 11) is 0. The van der Waals surface area contributed by atoms with Crippen molar-refractivity contribution in [2.24, 2.45) is 10.9 Å². The summed E-state index contributed by atoms with van der Waals surface area (Å²) in [6, 6.07) is 8.56. The number of hydrogen-bond acceptors (Lipinski definition) is 6. The fraction of sp³-hybridized carbons (Fsp3) is 0.524. The number of rotatable bonds is 7. The molecule has 3 rings (SSSR count). The maximum atomic E-state index is 10.8. The molecule has 0 spiro atoms. The maximum Gasteiger partial charge on any atom is 0.269 e. The van der Waals surface area contributed by atoms with Gasteiger partial charge in [0.2, 0.25) is 0 Å². The van der Waals surface area contributed by atoms with E-state index in [0.29, 0.717) is 12.5 Å². The molecule has 0 radical (unpaired) electrons. The number of nitro benzene ring substituents is 1. The third-order valence-corrected chi connectivity index (χ3v) is 4.96. The summed E-state index contributed by atoms with van der Waals surface area (Å²) in [5.74, 6) is 2.23. The Labute approximate surface area is 200 Å². The molecular weight excluding hydrogens is 511 g/mol. The highest BCUT2D eigenvalue weighted by Crippen LogP contribution is 2.13. The second kappa shape index (κ2) is 12.0. The minimum Gasteiger partial charge on any atom is -0.361 e. The lowest BCUT2D eigenvalue weighted by Gasteiger charge is -2.36. The van der Waals surface area contributed by atoms with Crippen LogP contribution in [0, 0.1) is 23.0 Å². The van der Waals surface area contributed by atoms with Crippen LogP contribution in [0.3, 0.4) is 0 Å². The van der Waals surface area contributed by atoms with Gasteiger partial charge >= 0.3 is 0 Å². The normalized spacial score (nSPS) is 15.1. The first-order valence-electron chi connectivity index (χ1n) is 10.3. The number of benzene rings is 1. The molecule has 2 aromatic rings. The van der Waals surface area contributed by atoms with Crippen LogP contribution in [0.5, 0.6) is 0 Å². The molecule has 0 atom stereocenters. The number of halogens is 1. The fourth-order valence-corrected chi connectivity index (χ4v) is 3.29. The zero-order valence-corrected chi connectivity index (χ0v) is 20.6. The Morgan fingerprint density at radius 3 is 2.48 bits per heavy atom. The highest BCUT2D eigenvalue weighted by molar-refractivity contribution is 14.0. The molecule has 31 heavy (non-hydrogen) atoms. The van der Waals surface area contributed by atoms with Gasteiger partial charge in [-0.05, 0) is 18.4 Å². The summed E-state index contributed by atoms with van der Waals surface area (Å²) in [5.41, 5.74) is 2.01. The Morgan fingerprint density at radius 2 is 1.94 bits per heavy atom. The standard InChI is InChI=1S/C21H30N6O3.HI/c1-16(2)13-22-21(23-14-18-4-6-20(7-5-18)27(28)29)26-10-8-25(9-11-26)15-19-12-17(3)30-24-19;/h4-7,12,16H,8-11,13-15H2,1-3H3,(H,22,23);1H. The molecule has 0 aliphatic carbocycles. The van der Waals surface area contributed by atoms with Crippen molar-refractivity contribution in [1.29, 1.82) is 0 Å². The molecule has 1 aliphatic heterocycles. The number of nitrogens with zero attached hydrogens (tertiary/aromatic N) is 5. The largest absolute Gasteiger partial charge is 0.361 e. The third-order valence-electron chi connectivity index (χ3n) is 4.96. The minimum atomic E-state index is -0.386. The van der Waals surface area contributed by atoms with Crippen molar-refractivity contribution in [1.82, 2.24) is 20.3 Å². The number of hydrogen-bond donors (Lipinski definition) is 1. The topological polar surface area (TPSA) is 100 Å². The molecule has 0 amide bonds. The second-order valence-corrected chi connectivity index (χ2v) is 8.03. The SMILES string of the molecule is Cc1cc(CN2CCN(C(=NCc3ccc([N+](=O)[O-])cc3)NCC(C)C)CC2)no1.I. The van der Waals surface area contributed by atoms with Crippen LogP contribution < -0.4 is 5.32 Å². The van der Waals surface area contributed by atoms with Crippen LogP contribution >= 0.6 is 24.0 Å². The van der Waals surface area contributed by atoms with Gasteiger partial charge in [0.1, 0.15) is 5.76 Å². The first kappa shape index (κ1) is 25.1. The van der Waals surface area contributed by atoms with Crippen molar-refractivity contribution in [3.8, 4) is 0 Å². The van der Waals surface area contributed by atoms with Gasteiger partial charge in [-0.2, -0.15) is 0 Å². The molecule has 0 saturated carbocycles. The molecule has 9 nitrogen and oxygen atoms in total. The van der Waals surface area contributed by atoms with E-state index < -0.39 is 0 Å². The van der Waals surface area contributed by atoms with Gasteiger partial charge in [-0.3, -0.25) is 15.0 Å². The molecule has 2 heterocycles. The number of piperazine rings is 1. The van der Waals surface area contributed by atoms with Crippen LogP contribution in [0.25, 0.3) is 0 Å². The second-order valence-electron chi connectivity index (χ2n) is 8.03. The molecule has 1 saturated heterocycles. The highest BCUT2D eigenvalue weighted by Gasteiger charge is 2.21. The van der Waals surface area contributed by atoms with Gasteiger partial charge in [0.15, 0.2) is 5.96 Å². The molecule has 10 heteroatoms. The summed E-state index contributed by atoms with van der Waals surface area (Å²) >= 11 is 0. The Morgan fingerprint density at radius 1 is 1.26 bits per heavy atom.